The zero-order valence-electron chi connectivity index (χ0n) is 28.6. The number of aliphatic carboxylic acids is 1. The van der Waals surface area contributed by atoms with Gasteiger partial charge in [0.2, 0.25) is 0 Å². The van der Waals surface area contributed by atoms with E-state index in [2.05, 4.69) is 0 Å². The molecule has 0 aromatic heterocycles. The molecule has 4 saturated heterocycles. The summed E-state index contributed by atoms with van der Waals surface area (Å²) in [6.45, 7) is -4.42. The van der Waals surface area contributed by atoms with E-state index in [9.17, 15) is 96.7 Å². The summed E-state index contributed by atoms with van der Waals surface area (Å²) < 4.78 is 38.3. The minimum Gasteiger partial charge on any atom is -0.477 e. The van der Waals surface area contributed by atoms with Crippen LogP contribution in [0, 0.1) is 0 Å². The van der Waals surface area contributed by atoms with Crippen molar-refractivity contribution in [2.75, 3.05) is 26.4 Å². The Balaban J connectivity index is 1.69. The molecule has 0 spiro atoms. The van der Waals surface area contributed by atoms with Gasteiger partial charge in [-0.15, -0.1) is 0 Å². The van der Waals surface area contributed by atoms with Crippen LogP contribution in [0.3, 0.4) is 0 Å². The number of hydrogen-bond acceptors (Lipinski definition) is 25. The number of carbonyl (C=O) groups is 1. The van der Waals surface area contributed by atoms with E-state index in [1.807, 2.05) is 0 Å². The Hall–Kier alpha value is -1.49. The van der Waals surface area contributed by atoms with Gasteiger partial charge in [0.15, 0.2) is 18.9 Å². The zero-order valence-corrected chi connectivity index (χ0v) is 28.6. The van der Waals surface area contributed by atoms with E-state index in [1.54, 1.807) is 0 Å². The monoisotopic (exact) mass is 814 g/mol. The molecule has 4 aliphatic rings. The van der Waals surface area contributed by atoms with Crippen molar-refractivity contribution in [3.63, 3.8) is 0 Å². The lowest BCUT2D eigenvalue weighted by Gasteiger charge is -2.50. The fraction of sp³-hybridized carbons (Fsp3) is 0.966. The highest BCUT2D eigenvalue weighted by Gasteiger charge is 2.59. The summed E-state index contributed by atoms with van der Waals surface area (Å²) in [5, 5.41) is 186. The first kappa shape index (κ1) is 46.2. The van der Waals surface area contributed by atoms with Crippen molar-refractivity contribution in [2.45, 2.75) is 147 Å². The molecule has 0 radical (unpaired) electrons. The van der Waals surface area contributed by atoms with E-state index in [0.29, 0.717) is 0 Å². The lowest BCUT2D eigenvalue weighted by molar-refractivity contribution is -0.399. The molecule has 55 heavy (non-hydrogen) atoms. The van der Waals surface area contributed by atoms with Crippen LogP contribution < -0.4 is 0 Å². The Labute approximate surface area is 309 Å². The summed E-state index contributed by atoms with van der Waals surface area (Å²) in [5.74, 6) is -4.97. The molecule has 0 aromatic carbocycles. The Morgan fingerprint density at radius 2 is 1.05 bits per heavy atom. The molecule has 322 valence electrons. The van der Waals surface area contributed by atoms with Gasteiger partial charge in [-0.25, -0.2) is 4.79 Å². The molecule has 26 nitrogen and oxygen atoms in total. The highest BCUT2D eigenvalue weighted by Crippen LogP contribution is 2.37. The first-order chi connectivity index (χ1) is 25.8. The number of aliphatic hydroxyl groups is 17. The van der Waals surface area contributed by atoms with Crippen LogP contribution in [0.1, 0.15) is 6.42 Å². The van der Waals surface area contributed by atoms with Crippen molar-refractivity contribution in [2.24, 2.45) is 0 Å². The van der Waals surface area contributed by atoms with E-state index in [0.717, 1.165) is 0 Å². The lowest BCUT2D eigenvalue weighted by Crippen LogP contribution is -2.69. The molecule has 18 N–H and O–H groups in total. The van der Waals surface area contributed by atoms with Crippen molar-refractivity contribution in [1.82, 2.24) is 0 Å². The van der Waals surface area contributed by atoms with Crippen molar-refractivity contribution in [3.05, 3.63) is 0 Å². The lowest BCUT2D eigenvalue weighted by atomic mass is 9.93. The molecule has 23 atom stereocenters. The van der Waals surface area contributed by atoms with Crippen molar-refractivity contribution in [3.8, 4) is 0 Å². The van der Waals surface area contributed by atoms with Gasteiger partial charge >= 0.3 is 5.97 Å². The summed E-state index contributed by atoms with van der Waals surface area (Å²) in [6.07, 6.45) is -47.1. The Bertz CT molecular complexity index is 1220. The van der Waals surface area contributed by atoms with Gasteiger partial charge in [-0.3, -0.25) is 0 Å². The predicted molar refractivity (Wildman–Crippen MR) is 163 cm³/mol. The fourth-order valence-electron chi connectivity index (χ4n) is 6.63. The van der Waals surface area contributed by atoms with Gasteiger partial charge in [-0.1, -0.05) is 0 Å². The third-order valence-electron chi connectivity index (χ3n) is 9.76. The van der Waals surface area contributed by atoms with Gasteiger partial charge in [0, 0.05) is 6.42 Å². The topological polar surface area (TPSA) is 446 Å². The van der Waals surface area contributed by atoms with Crippen molar-refractivity contribution in [1.29, 1.82) is 0 Å². The summed E-state index contributed by atoms with van der Waals surface area (Å²) in [5.41, 5.74) is 0. The number of rotatable bonds is 16. The molecule has 0 aliphatic carbocycles. The fourth-order valence-corrected chi connectivity index (χ4v) is 6.63. The third kappa shape index (κ3) is 9.54. The molecule has 1 unspecified atom stereocenters. The van der Waals surface area contributed by atoms with E-state index < -0.39 is 179 Å². The first-order valence-electron chi connectivity index (χ1n) is 16.9. The smallest absolute Gasteiger partial charge is 0.364 e. The van der Waals surface area contributed by atoms with Gasteiger partial charge in [-0.05, 0) is 0 Å². The first-order valence-corrected chi connectivity index (χ1v) is 16.9. The average molecular weight is 815 g/mol. The average Bonchev–Trinajstić information content (AvgIpc) is 3.48. The molecule has 4 aliphatic heterocycles. The second kappa shape index (κ2) is 19.1. The second-order valence-electron chi connectivity index (χ2n) is 13.6. The van der Waals surface area contributed by atoms with Crippen LogP contribution in [0.25, 0.3) is 0 Å². The van der Waals surface area contributed by atoms with E-state index in [1.165, 1.54) is 0 Å². The van der Waals surface area contributed by atoms with Crippen molar-refractivity contribution < 1.29 is 130 Å². The minimum absolute atomic E-state index is 0.972. The third-order valence-corrected chi connectivity index (χ3v) is 9.76. The van der Waals surface area contributed by atoms with Crippen LogP contribution in [-0.2, 0) is 38.0 Å². The molecule has 4 heterocycles. The van der Waals surface area contributed by atoms with Crippen LogP contribution in [0.15, 0.2) is 0 Å². The molecule has 0 bridgehead atoms. The Kier molecular flexibility index (Phi) is 16.0. The van der Waals surface area contributed by atoms with Crippen LogP contribution in [0.5, 0.6) is 0 Å². The largest absolute Gasteiger partial charge is 0.477 e. The Morgan fingerprint density at radius 3 is 1.55 bits per heavy atom. The summed E-state index contributed by atoms with van der Waals surface area (Å²) >= 11 is 0. The Morgan fingerprint density at radius 1 is 0.582 bits per heavy atom. The number of carboxylic acid groups (broad SMARTS) is 1. The van der Waals surface area contributed by atoms with Crippen LogP contribution >= 0.6 is 0 Å². The van der Waals surface area contributed by atoms with Gasteiger partial charge in [0.1, 0.15) is 110 Å². The van der Waals surface area contributed by atoms with E-state index in [4.69, 9.17) is 33.2 Å². The standard InChI is InChI=1S/C29H50O26/c30-2-7(35)18-12(40)11(39)15(43)25(49-18)54-24-14(42)13(41)19(8(36)3-31)51-27(24)53-23-16(44)20(9(37)4-32)50-26(17(23)45)52-21(10(38)5-33)22-6(34)1-29(48,55-22)28(46)47/h6-27,30-45,48H,1-5H2,(H,46,47)/t6-,7+,8+,9+,10-,11+,12+,13+,14+,15+,16-,17+,18-,19-,20-,21-,22-,23+,24+,25-,26-,27-,29?/m1/s1. The van der Waals surface area contributed by atoms with Crippen LogP contribution in [0.4, 0.5) is 0 Å². The molecule has 4 fully saturated rings. The van der Waals surface area contributed by atoms with Gasteiger partial charge < -0.3 is 125 Å². The van der Waals surface area contributed by atoms with Gasteiger partial charge in [0.25, 0.3) is 5.79 Å². The summed E-state index contributed by atoms with van der Waals surface area (Å²) in [4.78, 5) is 11.6. The van der Waals surface area contributed by atoms with Crippen molar-refractivity contribution >= 4 is 5.97 Å². The number of hydrogen-bond donors (Lipinski definition) is 18. The minimum atomic E-state index is -3.02. The molecule has 0 saturated carbocycles. The summed E-state index contributed by atoms with van der Waals surface area (Å²) in [6, 6.07) is 0. The van der Waals surface area contributed by atoms with Crippen LogP contribution in [0.2, 0.25) is 0 Å². The number of carboxylic acids is 1. The highest BCUT2D eigenvalue weighted by atomic mass is 16.8. The number of ether oxygens (including phenoxy) is 7. The molecule has 0 aromatic rings. The predicted octanol–water partition coefficient (Wildman–Crippen LogP) is -11.8. The van der Waals surface area contributed by atoms with E-state index >= 15 is 0 Å². The second-order valence-corrected chi connectivity index (χ2v) is 13.6. The molecular formula is C29H50O26. The highest BCUT2D eigenvalue weighted by molar-refractivity contribution is 5.75. The van der Waals surface area contributed by atoms with E-state index in [-0.39, 0.29) is 0 Å². The normalized spacial score (nSPS) is 46.8. The molecule has 26 heteroatoms. The maximum absolute atomic E-state index is 11.6. The van der Waals surface area contributed by atoms with Gasteiger partial charge in [-0.2, -0.15) is 0 Å². The molecule has 0 amide bonds. The maximum atomic E-state index is 11.6. The number of aliphatic hydroxyl groups excluding tert-OH is 16. The zero-order chi connectivity index (χ0) is 41.3. The summed E-state index contributed by atoms with van der Waals surface area (Å²) in [7, 11) is 0. The maximum Gasteiger partial charge on any atom is 0.364 e. The molecule has 4 rings (SSSR count). The van der Waals surface area contributed by atoms with Crippen LogP contribution in [-0.4, -0.2) is 265 Å². The van der Waals surface area contributed by atoms with Gasteiger partial charge in [0.05, 0.1) is 32.5 Å². The molecular weight excluding hydrogens is 764 g/mol. The SMILES string of the molecule is O=C(O)C1(O)C[C@@H](O)[C@H]([C@H](O[C@H]2O[C@H]([C@@H](O)CO)[C@@H](O)[C@H](O[C@H]3O[C@H]([C@@H](O)CO)[C@@H](O)[C@H](O)[C@@H]3O[C@H]3O[C@H]([C@@H](O)CO)[C@@H](O)[C@H](O)[C@@H]3O)[C@@H]2O)[C@H](O)CO)O1. The quantitative estimate of drug-likeness (QED) is 0.0688.